The lowest BCUT2D eigenvalue weighted by molar-refractivity contribution is -0.114. The van der Waals surface area contributed by atoms with Crippen molar-refractivity contribution in [2.24, 2.45) is 28.6 Å². The minimum Gasteiger partial charge on any atom is -0.393 e. The van der Waals surface area contributed by atoms with Crippen LogP contribution < -0.4 is 0 Å². The van der Waals surface area contributed by atoms with Gasteiger partial charge in [0, 0.05) is 28.8 Å². The van der Waals surface area contributed by atoms with Gasteiger partial charge >= 0.3 is 0 Å². The summed E-state index contributed by atoms with van der Waals surface area (Å²) in [6.07, 6.45) is 9.30. The highest BCUT2D eigenvalue weighted by Crippen LogP contribution is 2.62. The molecule has 0 aliphatic heterocycles. The summed E-state index contributed by atoms with van der Waals surface area (Å²) in [6.45, 7) is 9.40. The number of rotatable bonds is 8. The van der Waals surface area contributed by atoms with Gasteiger partial charge in [-0.2, -0.15) is 4.31 Å². The number of aliphatic hydroxyl groups excluding tert-OH is 1. The van der Waals surface area contributed by atoms with Gasteiger partial charge in [0.2, 0.25) is 5.78 Å². The van der Waals surface area contributed by atoms with E-state index in [1.807, 2.05) is 41.8 Å². The van der Waals surface area contributed by atoms with E-state index in [0.717, 1.165) is 46.9 Å². The molecule has 4 bridgehead atoms. The second kappa shape index (κ2) is 14.4. The molecule has 2 heterocycles. The molecule has 0 saturated heterocycles. The Balaban J connectivity index is 1.21. The Morgan fingerprint density at radius 2 is 1.80 bits per heavy atom. The summed E-state index contributed by atoms with van der Waals surface area (Å²) in [5.41, 5.74) is 1.81. The molecule has 4 fully saturated rings. The molecule has 7 atom stereocenters. The minimum atomic E-state index is -3.87. The second-order valence-electron chi connectivity index (χ2n) is 17.9. The van der Waals surface area contributed by atoms with Gasteiger partial charge < -0.3 is 10.2 Å². The van der Waals surface area contributed by atoms with E-state index in [0.29, 0.717) is 71.6 Å². The first kappa shape index (κ1) is 38.2. The second-order valence-corrected chi connectivity index (χ2v) is 22.0. The molecule has 7 unspecified atom stereocenters. The van der Waals surface area contributed by atoms with Gasteiger partial charge in [0.25, 0.3) is 10.0 Å². The highest BCUT2D eigenvalue weighted by molar-refractivity contribution is 7.91. The number of sulfonamides is 1. The molecular weight excluding hydrogens is 731 g/mol. The van der Waals surface area contributed by atoms with Gasteiger partial charge in [-0.15, -0.1) is 22.7 Å². The van der Waals surface area contributed by atoms with Crippen molar-refractivity contribution in [3.8, 4) is 0 Å². The van der Waals surface area contributed by atoms with Gasteiger partial charge in [0.15, 0.2) is 0 Å². The van der Waals surface area contributed by atoms with E-state index in [4.69, 9.17) is 0 Å². The number of hydrogen-bond donors (Lipinski definition) is 2. The molecule has 2 N–H and O–H groups in total. The Morgan fingerprint density at radius 3 is 2.54 bits per heavy atom. The zero-order chi connectivity index (χ0) is 38.0. The Hall–Kier alpha value is -2.66. The number of carbonyl (C=O) groups excluding carboxylic acids is 1. The van der Waals surface area contributed by atoms with E-state index in [-0.39, 0.29) is 29.6 Å². The van der Waals surface area contributed by atoms with Crippen molar-refractivity contribution >= 4 is 48.6 Å². The Kier molecular flexibility index (Phi) is 10.2. The lowest BCUT2D eigenvalue weighted by Crippen LogP contribution is -2.58. The third-order valence-electron chi connectivity index (χ3n) is 14.5. The molecule has 288 valence electrons. The minimum absolute atomic E-state index is 0.0277. The predicted octanol–water partition coefficient (Wildman–Crippen LogP) is 10.00. The fourth-order valence-electron chi connectivity index (χ4n) is 10.9. The van der Waals surface area contributed by atoms with Gasteiger partial charge in [-0.05, 0) is 146 Å². The lowest BCUT2D eigenvalue weighted by Gasteiger charge is -2.60. The third-order valence-corrected chi connectivity index (χ3v) is 18.8. The third kappa shape index (κ3) is 6.68. The number of ketones is 1. The summed E-state index contributed by atoms with van der Waals surface area (Å²) in [5.74, 6) is 1.21. The molecule has 9 heteroatoms. The molecule has 6 aliphatic rings. The molecule has 2 aromatic heterocycles. The summed E-state index contributed by atoms with van der Waals surface area (Å²) in [4.78, 5) is 15.4. The number of benzene rings is 2. The topological polar surface area (TPSA) is 94.9 Å². The molecule has 0 amide bonds. The maximum absolute atomic E-state index is 14.7. The monoisotopic (exact) mass is 785 g/mol. The normalized spacial score (nSPS) is 31.2. The zero-order valence-electron chi connectivity index (χ0n) is 32.1. The number of aliphatic hydroxyl groups is 2. The van der Waals surface area contributed by atoms with Gasteiger partial charge in [-0.25, -0.2) is 8.42 Å². The fourth-order valence-corrected chi connectivity index (χ4v) is 14.7. The molecule has 6 aliphatic carbocycles. The number of fused-ring (bicyclic) bond motifs is 11. The molecule has 4 saturated carbocycles. The van der Waals surface area contributed by atoms with Crippen molar-refractivity contribution in [3.05, 3.63) is 99.3 Å². The van der Waals surface area contributed by atoms with Crippen LogP contribution in [0.5, 0.6) is 0 Å². The van der Waals surface area contributed by atoms with E-state index in [1.54, 1.807) is 16.4 Å². The number of nitrogens with zero attached hydrogens (tertiary/aromatic N) is 1. The van der Waals surface area contributed by atoms with Crippen molar-refractivity contribution in [2.75, 3.05) is 13.1 Å². The van der Waals surface area contributed by atoms with Crippen LogP contribution in [0.15, 0.2) is 81.9 Å². The first-order valence-electron chi connectivity index (χ1n) is 20.0. The number of hydrogen-bond acceptors (Lipinski definition) is 7. The Morgan fingerprint density at radius 1 is 0.981 bits per heavy atom. The molecular formula is C45H55NO5S3. The van der Waals surface area contributed by atoms with Gasteiger partial charge in [-0.3, -0.25) is 4.79 Å². The van der Waals surface area contributed by atoms with Crippen LogP contribution >= 0.6 is 22.7 Å². The molecule has 4 aromatic rings. The molecule has 0 spiro atoms. The molecule has 54 heavy (non-hydrogen) atoms. The summed E-state index contributed by atoms with van der Waals surface area (Å²) in [5, 5.41) is 27.2. The van der Waals surface area contributed by atoms with E-state index in [1.165, 1.54) is 28.2 Å². The molecule has 0 radical (unpaired) electrons. The van der Waals surface area contributed by atoms with Crippen molar-refractivity contribution in [3.63, 3.8) is 0 Å². The maximum atomic E-state index is 14.7. The molecule has 10 rings (SSSR count). The summed E-state index contributed by atoms with van der Waals surface area (Å²) in [7, 11) is -3.87. The Labute approximate surface area is 329 Å². The highest BCUT2D eigenvalue weighted by Gasteiger charge is 2.59. The summed E-state index contributed by atoms with van der Waals surface area (Å²) in [6, 6.07) is 19.6. The van der Waals surface area contributed by atoms with E-state index < -0.39 is 27.1 Å². The Bertz CT molecular complexity index is 2130. The lowest BCUT2D eigenvalue weighted by atomic mass is 9.45. The summed E-state index contributed by atoms with van der Waals surface area (Å²) >= 11 is 2.74. The highest BCUT2D eigenvalue weighted by atomic mass is 32.2. The van der Waals surface area contributed by atoms with Crippen LogP contribution in [0.2, 0.25) is 0 Å². The van der Waals surface area contributed by atoms with Gasteiger partial charge in [0.05, 0.1) is 16.6 Å². The van der Waals surface area contributed by atoms with Crippen molar-refractivity contribution in [2.45, 2.75) is 114 Å². The van der Waals surface area contributed by atoms with Crippen LogP contribution in [0.1, 0.15) is 118 Å². The summed E-state index contributed by atoms with van der Waals surface area (Å²) < 4.78 is 32.3. The van der Waals surface area contributed by atoms with Crippen molar-refractivity contribution in [1.82, 2.24) is 4.31 Å². The largest absolute Gasteiger partial charge is 0.393 e. The quantitative estimate of drug-likeness (QED) is 0.137. The zero-order valence-corrected chi connectivity index (χ0v) is 34.5. The SMILES string of the molecule is CC1=CCCC2(C)C(CCC2(O)CN(CC2CCC3CC2C3(C)C)S(=O)(=O)c2cccs2)c2ccc(cc2C(=O)c2cc3ccccc3s2)CC(O)CC1. The predicted molar refractivity (Wildman–Crippen MR) is 220 cm³/mol. The van der Waals surface area contributed by atoms with E-state index >= 15 is 0 Å². The van der Waals surface area contributed by atoms with Crippen LogP contribution in [-0.4, -0.2) is 53.5 Å². The van der Waals surface area contributed by atoms with E-state index in [2.05, 4.69) is 45.9 Å². The fraction of sp³-hybridized carbons (Fsp3) is 0.533. The van der Waals surface area contributed by atoms with Crippen molar-refractivity contribution < 1.29 is 23.4 Å². The van der Waals surface area contributed by atoms with Crippen molar-refractivity contribution in [1.29, 1.82) is 0 Å². The number of thiophene rings is 2. The van der Waals surface area contributed by atoms with E-state index in [9.17, 15) is 23.4 Å². The van der Waals surface area contributed by atoms with Crippen LogP contribution in [0.3, 0.4) is 0 Å². The smallest absolute Gasteiger partial charge is 0.252 e. The molecule has 2 aromatic carbocycles. The van der Waals surface area contributed by atoms with Crippen LogP contribution in [0.25, 0.3) is 10.1 Å². The first-order valence-corrected chi connectivity index (χ1v) is 23.1. The average molecular weight is 786 g/mol. The maximum Gasteiger partial charge on any atom is 0.252 e. The number of allylic oxidation sites excluding steroid dienone is 2. The van der Waals surface area contributed by atoms with Gasteiger partial charge in [-0.1, -0.05) is 68.8 Å². The van der Waals surface area contributed by atoms with Crippen LogP contribution in [-0.2, 0) is 16.4 Å². The van der Waals surface area contributed by atoms with Crippen LogP contribution in [0.4, 0.5) is 0 Å². The van der Waals surface area contributed by atoms with Crippen LogP contribution in [0, 0.1) is 28.6 Å². The standard InChI is InChI=1S/C45H55NO5S3/c1-29-9-7-20-44(4)37(35-18-14-30(23-34(47)17-13-29)24-36(35)42(48)40-25-31-10-5-6-11-39(31)53-40)19-21-45(44,49)28-46(54(50,51)41-12-8-22-52-41)27-32-15-16-33-26-38(32)43(33,2)3/h5-6,8-12,14,18,22,24-25,32-34,37-38,47,49H,7,13,15-17,19-21,23,26-28H2,1-4H3. The first-order chi connectivity index (χ1) is 25.7. The average Bonchev–Trinajstić information content (AvgIpc) is 3.90. The number of carbonyl (C=O) groups is 1. The van der Waals surface area contributed by atoms with Gasteiger partial charge in [0.1, 0.15) is 4.21 Å². The molecule has 6 nitrogen and oxygen atoms in total.